The smallest absolute Gasteiger partial charge is 0.326 e. The maximum atomic E-state index is 12.2. The van der Waals surface area contributed by atoms with Crippen molar-refractivity contribution >= 4 is 23.9 Å². The predicted octanol–water partition coefficient (Wildman–Crippen LogP) is -1.17. The number of carboxylic acids is 2. The van der Waals surface area contributed by atoms with E-state index in [1.807, 2.05) is 0 Å². The van der Waals surface area contributed by atoms with E-state index in [1.54, 1.807) is 0 Å². The first kappa shape index (κ1) is 15.1. The van der Waals surface area contributed by atoms with Gasteiger partial charge in [-0.05, 0) is 12.8 Å². The van der Waals surface area contributed by atoms with Crippen molar-refractivity contribution in [3.8, 4) is 0 Å². The largest absolute Gasteiger partial charge is 0.481 e. The second kappa shape index (κ2) is 5.98. The third kappa shape index (κ3) is 3.23. The Morgan fingerprint density at radius 1 is 1.38 bits per heavy atom. The zero-order chi connectivity index (χ0) is 15.6. The van der Waals surface area contributed by atoms with Crippen LogP contribution in [0.2, 0.25) is 0 Å². The number of hydrogen-bond donors (Lipinski definition) is 4. The van der Waals surface area contributed by atoms with E-state index in [1.165, 1.54) is 4.90 Å². The molecule has 116 valence electrons. The number of carbonyl (C=O) groups excluding carboxylic acids is 2. The van der Waals surface area contributed by atoms with Gasteiger partial charge < -0.3 is 25.7 Å². The van der Waals surface area contributed by atoms with Crippen molar-refractivity contribution in [2.24, 2.45) is 5.92 Å². The quantitative estimate of drug-likeness (QED) is 0.516. The molecule has 2 fully saturated rings. The van der Waals surface area contributed by atoms with Gasteiger partial charge in [0.05, 0.1) is 18.4 Å². The van der Waals surface area contributed by atoms with Crippen molar-refractivity contribution in [1.29, 1.82) is 0 Å². The summed E-state index contributed by atoms with van der Waals surface area (Å²) in [5, 5.41) is 22.5. The number of nitrogens with zero attached hydrogens (tertiary/aromatic N) is 1. The fourth-order valence-corrected chi connectivity index (χ4v) is 2.81. The Hall–Kier alpha value is -2.32. The highest BCUT2D eigenvalue weighted by Gasteiger charge is 2.43. The lowest BCUT2D eigenvalue weighted by atomic mass is 9.92. The third-order valence-corrected chi connectivity index (χ3v) is 3.84. The molecule has 3 atom stereocenters. The van der Waals surface area contributed by atoms with E-state index in [4.69, 9.17) is 10.2 Å². The van der Waals surface area contributed by atoms with Crippen molar-refractivity contribution in [2.45, 2.75) is 31.3 Å². The second-order valence-electron chi connectivity index (χ2n) is 5.19. The third-order valence-electron chi connectivity index (χ3n) is 3.84. The van der Waals surface area contributed by atoms with Gasteiger partial charge in [0.15, 0.2) is 0 Å². The number of nitrogens with one attached hydrogen (secondary N) is 2. The molecular formula is C12H17N3O6. The van der Waals surface area contributed by atoms with E-state index in [0.717, 1.165) is 0 Å². The number of amides is 3. The summed E-state index contributed by atoms with van der Waals surface area (Å²) in [5.41, 5.74) is 0. The monoisotopic (exact) mass is 299 g/mol. The van der Waals surface area contributed by atoms with Crippen molar-refractivity contribution in [1.82, 2.24) is 15.5 Å². The van der Waals surface area contributed by atoms with Gasteiger partial charge in [-0.25, -0.2) is 9.59 Å². The maximum absolute atomic E-state index is 12.2. The molecule has 0 aromatic heterocycles. The van der Waals surface area contributed by atoms with Gasteiger partial charge in [-0.1, -0.05) is 0 Å². The molecule has 2 saturated heterocycles. The van der Waals surface area contributed by atoms with Gasteiger partial charge in [-0.3, -0.25) is 9.59 Å². The van der Waals surface area contributed by atoms with E-state index in [9.17, 15) is 19.2 Å². The number of aliphatic carboxylic acids is 2. The Kier molecular flexibility index (Phi) is 4.29. The van der Waals surface area contributed by atoms with Gasteiger partial charge in [-0.2, -0.15) is 0 Å². The molecule has 4 N–H and O–H groups in total. The van der Waals surface area contributed by atoms with Gasteiger partial charge >= 0.3 is 18.0 Å². The van der Waals surface area contributed by atoms with Gasteiger partial charge in [0, 0.05) is 13.1 Å². The summed E-state index contributed by atoms with van der Waals surface area (Å²) in [6.45, 7) is 0.759. The van der Waals surface area contributed by atoms with Crippen molar-refractivity contribution in [3.63, 3.8) is 0 Å². The van der Waals surface area contributed by atoms with Gasteiger partial charge in [0.1, 0.15) is 6.04 Å². The van der Waals surface area contributed by atoms with Crippen molar-refractivity contribution in [2.75, 3.05) is 13.1 Å². The average Bonchev–Trinajstić information content (AvgIpc) is 2.79. The molecule has 9 heteroatoms. The molecule has 2 aliphatic heterocycles. The first-order chi connectivity index (χ1) is 9.90. The second-order valence-corrected chi connectivity index (χ2v) is 5.19. The summed E-state index contributed by atoms with van der Waals surface area (Å²) in [5.74, 6) is -3.08. The Labute approximate surface area is 120 Å². The van der Waals surface area contributed by atoms with Crippen LogP contribution in [0, 0.1) is 5.92 Å². The molecule has 2 aliphatic rings. The highest BCUT2D eigenvalue weighted by atomic mass is 16.4. The lowest BCUT2D eigenvalue weighted by Gasteiger charge is -2.36. The van der Waals surface area contributed by atoms with Crippen LogP contribution in [0.1, 0.15) is 19.3 Å². The molecule has 0 spiro atoms. The van der Waals surface area contributed by atoms with Crippen LogP contribution in [0.15, 0.2) is 0 Å². The zero-order valence-electron chi connectivity index (χ0n) is 11.2. The molecule has 2 rings (SSSR count). The van der Waals surface area contributed by atoms with Crippen LogP contribution in [0.3, 0.4) is 0 Å². The lowest BCUT2D eigenvalue weighted by molar-refractivity contribution is -0.145. The van der Waals surface area contributed by atoms with Crippen LogP contribution >= 0.6 is 0 Å². The van der Waals surface area contributed by atoms with Crippen LogP contribution in [-0.4, -0.2) is 64.2 Å². The van der Waals surface area contributed by atoms with E-state index in [-0.39, 0.29) is 17.9 Å². The number of urea groups is 1. The van der Waals surface area contributed by atoms with E-state index >= 15 is 0 Å². The SMILES string of the molecule is O=C(O)C[C@H](NC(=O)N1CCCC2C(=O)NCC21)C(=O)O. The first-order valence-electron chi connectivity index (χ1n) is 6.69. The summed E-state index contributed by atoms with van der Waals surface area (Å²) in [4.78, 5) is 46.8. The molecule has 0 bridgehead atoms. The number of carboxylic acid groups (broad SMARTS) is 2. The number of piperidine rings is 1. The number of likely N-dealkylation sites (tertiary alicyclic amines) is 1. The molecule has 9 nitrogen and oxygen atoms in total. The number of hydrogen-bond acceptors (Lipinski definition) is 4. The van der Waals surface area contributed by atoms with Gasteiger partial charge in [0.2, 0.25) is 5.91 Å². The topological polar surface area (TPSA) is 136 Å². The average molecular weight is 299 g/mol. The van der Waals surface area contributed by atoms with Crippen LogP contribution in [0.5, 0.6) is 0 Å². The predicted molar refractivity (Wildman–Crippen MR) is 68.4 cm³/mol. The summed E-state index contributed by atoms with van der Waals surface area (Å²) in [7, 11) is 0. The minimum absolute atomic E-state index is 0.0992. The lowest BCUT2D eigenvalue weighted by Crippen LogP contribution is -2.55. The van der Waals surface area contributed by atoms with Gasteiger partial charge in [-0.15, -0.1) is 0 Å². The van der Waals surface area contributed by atoms with Crippen LogP contribution in [0.4, 0.5) is 4.79 Å². The standard InChI is InChI=1S/C12H17N3O6/c16-9(17)4-7(11(19)20)14-12(21)15-3-1-2-6-8(15)5-13-10(6)18/h6-8H,1-5H2,(H,13,18)(H,14,21)(H,16,17)(H,19,20)/t6?,7-,8?/m0/s1. The highest BCUT2D eigenvalue weighted by Crippen LogP contribution is 2.27. The molecule has 0 aliphatic carbocycles. The van der Waals surface area contributed by atoms with E-state index < -0.39 is 30.4 Å². The molecule has 0 radical (unpaired) electrons. The fraction of sp³-hybridized carbons (Fsp3) is 0.667. The minimum atomic E-state index is -1.49. The number of fused-ring (bicyclic) bond motifs is 1. The van der Waals surface area contributed by atoms with Crippen molar-refractivity contribution in [3.05, 3.63) is 0 Å². The molecule has 2 unspecified atom stereocenters. The molecule has 0 saturated carbocycles. The van der Waals surface area contributed by atoms with Crippen LogP contribution in [-0.2, 0) is 14.4 Å². The first-order valence-corrected chi connectivity index (χ1v) is 6.69. The van der Waals surface area contributed by atoms with E-state index in [2.05, 4.69) is 10.6 Å². The Morgan fingerprint density at radius 3 is 2.71 bits per heavy atom. The Bertz CT molecular complexity index is 480. The molecule has 3 amide bonds. The molecule has 0 aromatic rings. The zero-order valence-corrected chi connectivity index (χ0v) is 11.2. The Morgan fingerprint density at radius 2 is 2.10 bits per heavy atom. The number of carbonyl (C=O) groups is 4. The summed E-state index contributed by atoms with van der Waals surface area (Å²) >= 11 is 0. The van der Waals surface area contributed by atoms with Crippen LogP contribution in [0.25, 0.3) is 0 Å². The molecule has 2 heterocycles. The summed E-state index contributed by atoms with van der Waals surface area (Å²) in [6.07, 6.45) is 0.649. The number of rotatable bonds is 4. The fourth-order valence-electron chi connectivity index (χ4n) is 2.81. The normalized spacial score (nSPS) is 25.7. The Balaban J connectivity index is 2.03. The summed E-state index contributed by atoms with van der Waals surface area (Å²) in [6, 6.07) is -2.43. The summed E-state index contributed by atoms with van der Waals surface area (Å²) < 4.78 is 0. The van der Waals surface area contributed by atoms with Crippen molar-refractivity contribution < 1.29 is 29.4 Å². The molecule has 21 heavy (non-hydrogen) atoms. The van der Waals surface area contributed by atoms with Crippen LogP contribution < -0.4 is 10.6 Å². The molecule has 0 aromatic carbocycles. The van der Waals surface area contributed by atoms with Gasteiger partial charge in [0.25, 0.3) is 0 Å². The minimum Gasteiger partial charge on any atom is -0.481 e. The van der Waals surface area contributed by atoms with E-state index in [0.29, 0.717) is 25.9 Å². The maximum Gasteiger partial charge on any atom is 0.326 e. The highest BCUT2D eigenvalue weighted by molar-refractivity contribution is 5.88. The molecular weight excluding hydrogens is 282 g/mol.